The van der Waals surface area contributed by atoms with Gasteiger partial charge in [-0.25, -0.2) is 8.42 Å². The normalized spacial score (nSPS) is 15.0. The summed E-state index contributed by atoms with van der Waals surface area (Å²) in [7, 11) is -3.96. The largest absolute Gasteiger partial charge is 0.416 e. The fourth-order valence-electron chi connectivity index (χ4n) is 4.96. The molecule has 7 nitrogen and oxygen atoms in total. The van der Waals surface area contributed by atoms with Crippen molar-refractivity contribution >= 4 is 50.7 Å². The van der Waals surface area contributed by atoms with Crippen LogP contribution in [0.5, 0.6) is 0 Å². The molecule has 2 aromatic carbocycles. The zero-order chi connectivity index (χ0) is 30.4. The summed E-state index contributed by atoms with van der Waals surface area (Å²) in [5.74, 6) is -0.693. The van der Waals surface area contributed by atoms with Gasteiger partial charge in [-0.2, -0.15) is 13.2 Å². The molecule has 3 rings (SSSR count). The van der Waals surface area contributed by atoms with Gasteiger partial charge in [0, 0.05) is 35.6 Å². The van der Waals surface area contributed by atoms with Crippen LogP contribution in [0, 0.1) is 0 Å². The third-order valence-electron chi connectivity index (χ3n) is 7.06. The molecule has 1 aliphatic carbocycles. The topological polar surface area (TPSA) is 86.8 Å². The van der Waals surface area contributed by atoms with E-state index in [9.17, 15) is 31.2 Å². The van der Waals surface area contributed by atoms with E-state index in [-0.39, 0.29) is 43.6 Å². The molecule has 1 unspecified atom stereocenters. The zero-order valence-corrected chi connectivity index (χ0v) is 25.2. The van der Waals surface area contributed by atoms with Crippen molar-refractivity contribution in [3.63, 3.8) is 0 Å². The Hall–Kier alpha value is -2.50. The van der Waals surface area contributed by atoms with Crippen molar-refractivity contribution in [1.29, 1.82) is 0 Å². The van der Waals surface area contributed by atoms with Gasteiger partial charge in [-0.05, 0) is 61.6 Å². The quantitative estimate of drug-likeness (QED) is 0.291. The summed E-state index contributed by atoms with van der Waals surface area (Å²) < 4.78 is 65.5. The summed E-state index contributed by atoms with van der Waals surface area (Å²) in [6.07, 6.45) is 0.219. The Balaban J connectivity index is 1.81. The third-order valence-corrected chi connectivity index (χ3v) is 8.84. The molecule has 0 aromatic heterocycles. The standard InChI is InChI=1S/C28H34Cl2F3N3O4S/c1-3-25(27(38)34-22-9-4-5-10-22)35(18-19-13-14-21(29)17-24(19)30)26(37)12-7-15-36(41(2,39)40)23-11-6-8-20(16-23)28(31,32)33/h6,8,11,13-14,16-17,22,25H,3-5,7,9-10,12,15,18H2,1-2H3,(H,34,38). The van der Waals surface area contributed by atoms with Gasteiger partial charge in [-0.3, -0.25) is 13.9 Å². The molecular weight excluding hydrogens is 602 g/mol. The molecule has 0 saturated heterocycles. The molecule has 1 aliphatic rings. The molecule has 1 atom stereocenters. The Bertz CT molecular complexity index is 1340. The van der Waals surface area contributed by atoms with Crippen LogP contribution in [0.15, 0.2) is 42.5 Å². The first-order valence-corrected chi connectivity index (χ1v) is 16.0. The number of carbonyl (C=O) groups is 2. The Morgan fingerprint density at radius 2 is 1.78 bits per heavy atom. The lowest BCUT2D eigenvalue weighted by molar-refractivity contribution is -0.141. The van der Waals surface area contributed by atoms with Gasteiger partial charge in [0.2, 0.25) is 21.8 Å². The van der Waals surface area contributed by atoms with Crippen molar-refractivity contribution in [3.8, 4) is 0 Å². The maximum atomic E-state index is 13.6. The van der Waals surface area contributed by atoms with Crippen molar-refractivity contribution in [2.24, 2.45) is 0 Å². The van der Waals surface area contributed by atoms with E-state index in [1.165, 1.54) is 11.0 Å². The lowest BCUT2D eigenvalue weighted by atomic mass is 10.1. The molecule has 41 heavy (non-hydrogen) atoms. The molecule has 13 heteroatoms. The van der Waals surface area contributed by atoms with Crippen LogP contribution in [0.3, 0.4) is 0 Å². The fraction of sp³-hybridized carbons (Fsp3) is 0.500. The van der Waals surface area contributed by atoms with Gasteiger partial charge < -0.3 is 10.2 Å². The molecule has 0 spiro atoms. The van der Waals surface area contributed by atoms with E-state index < -0.39 is 33.7 Å². The van der Waals surface area contributed by atoms with Gasteiger partial charge in [-0.15, -0.1) is 0 Å². The van der Waals surface area contributed by atoms with Gasteiger partial charge in [0.25, 0.3) is 0 Å². The minimum atomic E-state index is -4.65. The first kappa shape index (κ1) is 33.0. The van der Waals surface area contributed by atoms with Gasteiger partial charge in [-0.1, -0.05) is 55.1 Å². The van der Waals surface area contributed by atoms with Crippen LogP contribution in [0.25, 0.3) is 0 Å². The van der Waals surface area contributed by atoms with Gasteiger partial charge >= 0.3 is 6.18 Å². The molecule has 1 N–H and O–H groups in total. The van der Waals surface area contributed by atoms with E-state index in [2.05, 4.69) is 5.32 Å². The minimum Gasteiger partial charge on any atom is -0.352 e. The first-order valence-electron chi connectivity index (χ1n) is 13.4. The van der Waals surface area contributed by atoms with E-state index >= 15 is 0 Å². The number of anilines is 1. The van der Waals surface area contributed by atoms with Gasteiger partial charge in [0.05, 0.1) is 17.5 Å². The summed E-state index contributed by atoms with van der Waals surface area (Å²) in [4.78, 5) is 28.3. The minimum absolute atomic E-state index is 0.00762. The molecule has 2 amide bonds. The zero-order valence-electron chi connectivity index (χ0n) is 22.9. The number of nitrogens with one attached hydrogen (secondary N) is 1. The highest BCUT2D eigenvalue weighted by Gasteiger charge is 2.33. The molecule has 0 heterocycles. The van der Waals surface area contributed by atoms with Crippen molar-refractivity contribution in [3.05, 3.63) is 63.6 Å². The van der Waals surface area contributed by atoms with Crippen LogP contribution in [0.4, 0.5) is 18.9 Å². The smallest absolute Gasteiger partial charge is 0.352 e. The molecule has 226 valence electrons. The highest BCUT2D eigenvalue weighted by Crippen LogP contribution is 2.32. The number of hydrogen-bond acceptors (Lipinski definition) is 4. The lowest BCUT2D eigenvalue weighted by Crippen LogP contribution is -2.51. The maximum Gasteiger partial charge on any atom is 0.416 e. The summed E-state index contributed by atoms with van der Waals surface area (Å²) in [5, 5.41) is 3.78. The number of nitrogens with zero attached hydrogens (tertiary/aromatic N) is 2. The van der Waals surface area contributed by atoms with E-state index in [4.69, 9.17) is 23.2 Å². The Morgan fingerprint density at radius 3 is 2.37 bits per heavy atom. The second kappa shape index (κ2) is 14.1. The Labute approximate surface area is 249 Å². The number of rotatable bonds is 12. The number of hydrogen-bond donors (Lipinski definition) is 1. The number of halogens is 5. The molecular formula is C28H34Cl2F3N3O4S. The number of alkyl halides is 3. The molecule has 0 bridgehead atoms. The summed E-state index contributed by atoms with van der Waals surface area (Å²) >= 11 is 12.4. The lowest BCUT2D eigenvalue weighted by Gasteiger charge is -2.32. The Morgan fingerprint density at radius 1 is 1.10 bits per heavy atom. The Kier molecular flexibility index (Phi) is 11.4. The van der Waals surface area contributed by atoms with Crippen LogP contribution in [0.1, 0.15) is 63.0 Å². The number of sulfonamides is 1. The number of benzene rings is 2. The average Bonchev–Trinajstić information content (AvgIpc) is 3.39. The molecule has 0 radical (unpaired) electrons. The highest BCUT2D eigenvalue weighted by molar-refractivity contribution is 7.92. The second-order valence-electron chi connectivity index (χ2n) is 10.2. The highest BCUT2D eigenvalue weighted by atomic mass is 35.5. The SMILES string of the molecule is CCC(C(=O)NC1CCCC1)N(Cc1ccc(Cl)cc1Cl)C(=O)CCCN(c1cccc(C(F)(F)F)c1)S(C)(=O)=O. The van der Waals surface area contributed by atoms with Crippen molar-refractivity contribution in [2.75, 3.05) is 17.1 Å². The van der Waals surface area contributed by atoms with Crippen LogP contribution in [-0.4, -0.2) is 50.0 Å². The average molecular weight is 637 g/mol. The third kappa shape index (κ3) is 9.24. The van der Waals surface area contributed by atoms with Crippen LogP contribution >= 0.6 is 23.2 Å². The summed E-state index contributed by atoms with van der Waals surface area (Å²) in [6.45, 7) is 1.59. The van der Waals surface area contributed by atoms with E-state index in [1.54, 1.807) is 25.1 Å². The molecule has 1 fully saturated rings. The monoisotopic (exact) mass is 635 g/mol. The molecule has 0 aliphatic heterocycles. The predicted octanol–water partition coefficient (Wildman–Crippen LogP) is 6.42. The molecule has 1 saturated carbocycles. The van der Waals surface area contributed by atoms with Gasteiger partial charge in [0.1, 0.15) is 6.04 Å². The number of carbonyl (C=O) groups excluding carboxylic acids is 2. The van der Waals surface area contributed by atoms with Crippen molar-refractivity contribution < 1.29 is 31.2 Å². The van der Waals surface area contributed by atoms with E-state index in [1.807, 2.05) is 0 Å². The number of amides is 2. The maximum absolute atomic E-state index is 13.6. The van der Waals surface area contributed by atoms with Crippen LogP contribution < -0.4 is 9.62 Å². The molecule has 2 aromatic rings. The van der Waals surface area contributed by atoms with Crippen molar-refractivity contribution in [1.82, 2.24) is 10.2 Å². The van der Waals surface area contributed by atoms with Crippen LogP contribution in [-0.2, 0) is 32.3 Å². The summed E-state index contributed by atoms with van der Waals surface area (Å²) in [6, 6.07) is 8.11. The first-order chi connectivity index (χ1) is 19.2. The van der Waals surface area contributed by atoms with Gasteiger partial charge in [0.15, 0.2) is 0 Å². The predicted molar refractivity (Wildman–Crippen MR) is 154 cm³/mol. The fourth-order valence-corrected chi connectivity index (χ4v) is 6.39. The van der Waals surface area contributed by atoms with E-state index in [0.29, 0.717) is 22.0 Å². The summed E-state index contributed by atoms with van der Waals surface area (Å²) in [5.41, 5.74) is -0.551. The van der Waals surface area contributed by atoms with Crippen molar-refractivity contribution in [2.45, 2.75) is 76.7 Å². The van der Waals surface area contributed by atoms with Crippen LogP contribution in [0.2, 0.25) is 10.0 Å². The van der Waals surface area contributed by atoms with E-state index in [0.717, 1.165) is 54.4 Å². The second-order valence-corrected chi connectivity index (χ2v) is 12.9.